The molecule has 2 rings (SSSR count). The molecule has 0 radical (unpaired) electrons. The van der Waals surface area contributed by atoms with Crippen LogP contribution in [0, 0.1) is 5.41 Å². The molecule has 1 unspecified atom stereocenters. The van der Waals surface area contributed by atoms with Crippen LogP contribution >= 0.6 is 0 Å². The summed E-state index contributed by atoms with van der Waals surface area (Å²) in [6.45, 7) is 7.50. The van der Waals surface area contributed by atoms with E-state index in [1.807, 2.05) is 30.3 Å². The normalized spacial score (nSPS) is 19.4. The predicted octanol–water partition coefficient (Wildman–Crippen LogP) is 3.46. The van der Waals surface area contributed by atoms with Gasteiger partial charge in [-0.2, -0.15) is 0 Å². The second-order valence-electron chi connectivity index (χ2n) is 6.18. The summed E-state index contributed by atoms with van der Waals surface area (Å²) in [6, 6.07) is 9.98. The first-order valence-electron chi connectivity index (χ1n) is 7.99. The lowest BCUT2D eigenvalue weighted by atomic mass is 9.82. The van der Waals surface area contributed by atoms with Crippen LogP contribution in [0.4, 0.5) is 0 Å². The Labute approximate surface area is 128 Å². The molecule has 1 heterocycles. The summed E-state index contributed by atoms with van der Waals surface area (Å²) < 4.78 is 5.02. The minimum atomic E-state index is -0.180. The molecule has 21 heavy (non-hydrogen) atoms. The summed E-state index contributed by atoms with van der Waals surface area (Å²) in [5, 5.41) is 0. The number of esters is 1. The molecule has 0 spiro atoms. The molecule has 0 N–H and O–H groups in total. The van der Waals surface area contributed by atoms with Gasteiger partial charge in [-0.1, -0.05) is 44.2 Å². The van der Waals surface area contributed by atoms with Gasteiger partial charge >= 0.3 is 5.97 Å². The topological polar surface area (TPSA) is 29.5 Å². The van der Waals surface area contributed by atoms with Gasteiger partial charge in [0.25, 0.3) is 0 Å². The summed E-state index contributed by atoms with van der Waals surface area (Å²) in [6.07, 6.45) is 3.67. The molecule has 0 aromatic heterocycles. The Balaban J connectivity index is 2.09. The number of carbonyl (C=O) groups is 1. The van der Waals surface area contributed by atoms with E-state index in [0.717, 1.165) is 25.2 Å². The fraction of sp³-hybridized carbons (Fsp3) is 0.611. The largest absolute Gasteiger partial charge is 0.469 e. The molecule has 1 saturated heterocycles. The number of methoxy groups -OCH3 is 1. The van der Waals surface area contributed by atoms with Crippen LogP contribution in [0.1, 0.15) is 44.6 Å². The van der Waals surface area contributed by atoms with Crippen molar-refractivity contribution >= 4 is 5.97 Å². The molecule has 1 fully saturated rings. The van der Waals surface area contributed by atoms with Crippen molar-refractivity contribution in [3.05, 3.63) is 35.9 Å². The maximum Gasteiger partial charge on any atom is 0.314 e. The van der Waals surface area contributed by atoms with Crippen LogP contribution in [0.5, 0.6) is 0 Å². The zero-order chi connectivity index (χ0) is 15.3. The maximum atomic E-state index is 12.2. The van der Waals surface area contributed by atoms with E-state index in [2.05, 4.69) is 18.7 Å². The van der Waals surface area contributed by atoms with E-state index in [9.17, 15) is 4.79 Å². The standard InChI is InChI=1S/C18H27NO2/c1-4-18(5-2)11-12-19(14-18)13-16(17(20)21-3)15-9-7-6-8-10-15/h6-10,16H,4-5,11-14H2,1-3H3. The van der Waals surface area contributed by atoms with Gasteiger partial charge in [0.2, 0.25) is 0 Å². The molecule has 3 nitrogen and oxygen atoms in total. The molecular formula is C18H27NO2. The number of hydrogen-bond donors (Lipinski definition) is 0. The predicted molar refractivity (Wildman–Crippen MR) is 85.3 cm³/mol. The van der Waals surface area contributed by atoms with Crippen molar-refractivity contribution in [2.75, 3.05) is 26.7 Å². The van der Waals surface area contributed by atoms with Gasteiger partial charge in [-0.3, -0.25) is 4.79 Å². The summed E-state index contributed by atoms with van der Waals surface area (Å²) in [7, 11) is 1.48. The Morgan fingerprint density at radius 3 is 2.48 bits per heavy atom. The number of likely N-dealkylation sites (tertiary alicyclic amines) is 1. The molecule has 116 valence electrons. The quantitative estimate of drug-likeness (QED) is 0.751. The highest BCUT2D eigenvalue weighted by Gasteiger charge is 2.36. The molecule has 1 aliphatic heterocycles. The number of carbonyl (C=O) groups excluding carboxylic acids is 1. The number of hydrogen-bond acceptors (Lipinski definition) is 3. The summed E-state index contributed by atoms with van der Waals surface area (Å²) in [5.41, 5.74) is 1.49. The van der Waals surface area contributed by atoms with Crippen molar-refractivity contribution < 1.29 is 9.53 Å². The average Bonchev–Trinajstić information content (AvgIpc) is 2.96. The Bertz CT molecular complexity index is 454. The van der Waals surface area contributed by atoms with Crippen LogP contribution in [-0.2, 0) is 9.53 Å². The highest BCUT2D eigenvalue weighted by molar-refractivity contribution is 5.78. The van der Waals surface area contributed by atoms with Crippen LogP contribution in [0.15, 0.2) is 30.3 Å². The lowest BCUT2D eigenvalue weighted by Crippen LogP contribution is -2.33. The Morgan fingerprint density at radius 2 is 1.95 bits per heavy atom. The first-order valence-corrected chi connectivity index (χ1v) is 7.99. The van der Waals surface area contributed by atoms with Crippen molar-refractivity contribution in [1.29, 1.82) is 0 Å². The lowest BCUT2D eigenvalue weighted by molar-refractivity contribution is -0.142. The minimum absolute atomic E-state index is 0.133. The van der Waals surface area contributed by atoms with E-state index in [0.29, 0.717) is 5.41 Å². The van der Waals surface area contributed by atoms with Gasteiger partial charge in [0, 0.05) is 13.1 Å². The molecule has 0 aliphatic carbocycles. The maximum absolute atomic E-state index is 12.2. The van der Waals surface area contributed by atoms with E-state index in [-0.39, 0.29) is 11.9 Å². The van der Waals surface area contributed by atoms with E-state index in [4.69, 9.17) is 4.74 Å². The first-order chi connectivity index (χ1) is 10.1. The van der Waals surface area contributed by atoms with Crippen LogP contribution in [0.25, 0.3) is 0 Å². The number of nitrogens with zero attached hydrogens (tertiary/aromatic N) is 1. The van der Waals surface area contributed by atoms with Gasteiger partial charge in [0.05, 0.1) is 13.0 Å². The molecule has 0 amide bonds. The highest BCUT2D eigenvalue weighted by Crippen LogP contribution is 2.37. The van der Waals surface area contributed by atoms with E-state index in [1.54, 1.807) is 0 Å². The van der Waals surface area contributed by atoms with E-state index >= 15 is 0 Å². The van der Waals surface area contributed by atoms with Crippen LogP contribution < -0.4 is 0 Å². The van der Waals surface area contributed by atoms with Crippen molar-refractivity contribution in [3.63, 3.8) is 0 Å². The van der Waals surface area contributed by atoms with Gasteiger partial charge in [0.1, 0.15) is 0 Å². The molecule has 1 atom stereocenters. The first kappa shape index (κ1) is 16.0. The Kier molecular flexibility index (Phi) is 5.40. The molecule has 1 aliphatic rings. The fourth-order valence-electron chi connectivity index (χ4n) is 3.41. The number of benzene rings is 1. The van der Waals surface area contributed by atoms with E-state index in [1.165, 1.54) is 26.4 Å². The van der Waals surface area contributed by atoms with Crippen LogP contribution in [0.2, 0.25) is 0 Å². The van der Waals surface area contributed by atoms with Gasteiger partial charge in [-0.15, -0.1) is 0 Å². The fourth-order valence-corrected chi connectivity index (χ4v) is 3.41. The smallest absolute Gasteiger partial charge is 0.314 e. The minimum Gasteiger partial charge on any atom is -0.469 e. The van der Waals surface area contributed by atoms with Gasteiger partial charge in [0.15, 0.2) is 0 Å². The average molecular weight is 289 g/mol. The van der Waals surface area contributed by atoms with Gasteiger partial charge in [-0.25, -0.2) is 0 Å². The van der Waals surface area contributed by atoms with E-state index < -0.39 is 0 Å². The zero-order valence-electron chi connectivity index (χ0n) is 13.5. The van der Waals surface area contributed by atoms with Gasteiger partial charge in [-0.05, 0) is 36.8 Å². The summed E-state index contributed by atoms with van der Waals surface area (Å²) in [5.74, 6) is -0.313. The Morgan fingerprint density at radius 1 is 1.29 bits per heavy atom. The van der Waals surface area contributed by atoms with Crippen LogP contribution in [0.3, 0.4) is 0 Å². The Hall–Kier alpha value is -1.35. The van der Waals surface area contributed by atoms with Crippen molar-refractivity contribution in [2.24, 2.45) is 5.41 Å². The molecule has 3 heteroatoms. The second kappa shape index (κ2) is 7.08. The number of ether oxygens (including phenoxy) is 1. The third kappa shape index (κ3) is 3.65. The van der Waals surface area contributed by atoms with Gasteiger partial charge < -0.3 is 9.64 Å². The monoisotopic (exact) mass is 289 g/mol. The van der Waals surface area contributed by atoms with Crippen molar-refractivity contribution in [3.8, 4) is 0 Å². The molecule has 1 aromatic rings. The summed E-state index contributed by atoms with van der Waals surface area (Å²) >= 11 is 0. The molecular weight excluding hydrogens is 262 g/mol. The van der Waals surface area contributed by atoms with Crippen LogP contribution in [-0.4, -0.2) is 37.6 Å². The molecule has 0 bridgehead atoms. The summed E-state index contributed by atoms with van der Waals surface area (Å²) in [4.78, 5) is 14.6. The third-order valence-electron chi connectivity index (χ3n) is 5.15. The van der Waals surface area contributed by atoms with Crippen molar-refractivity contribution in [2.45, 2.75) is 39.0 Å². The molecule has 1 aromatic carbocycles. The highest BCUT2D eigenvalue weighted by atomic mass is 16.5. The zero-order valence-corrected chi connectivity index (χ0v) is 13.5. The van der Waals surface area contributed by atoms with Crippen molar-refractivity contribution in [1.82, 2.24) is 4.90 Å². The third-order valence-corrected chi connectivity index (χ3v) is 5.15. The second-order valence-corrected chi connectivity index (χ2v) is 6.18. The SMILES string of the molecule is CCC1(CC)CCN(CC(C(=O)OC)c2ccccc2)C1. The molecule has 0 saturated carbocycles. The number of rotatable bonds is 6. The lowest BCUT2D eigenvalue weighted by Gasteiger charge is -2.28.